The van der Waals surface area contributed by atoms with E-state index in [1.165, 1.54) is 12.8 Å². The predicted molar refractivity (Wildman–Crippen MR) is 56.4 cm³/mol. The molecule has 0 aromatic carbocycles. The summed E-state index contributed by atoms with van der Waals surface area (Å²) >= 11 is 0. The highest BCUT2D eigenvalue weighted by molar-refractivity contribution is 5.49. The zero-order valence-corrected chi connectivity index (χ0v) is 7.98. The lowest BCUT2D eigenvalue weighted by Gasteiger charge is -2.07. The number of hydrogen-bond acceptors (Lipinski definition) is 2. The van der Waals surface area contributed by atoms with Crippen LogP contribution in [0.5, 0.6) is 0 Å². The van der Waals surface area contributed by atoms with E-state index in [0.717, 1.165) is 23.9 Å². The van der Waals surface area contributed by atoms with Gasteiger partial charge in [0, 0.05) is 18.9 Å². The number of pyridine rings is 1. The summed E-state index contributed by atoms with van der Waals surface area (Å²) in [6.07, 6.45) is 6.59. The maximum Gasteiger partial charge on any atom is 0.138 e. The van der Waals surface area contributed by atoms with Crippen molar-refractivity contribution in [2.75, 3.05) is 11.9 Å². The Morgan fingerprint density at radius 3 is 3.21 bits per heavy atom. The quantitative estimate of drug-likeness (QED) is 0.797. The molecule has 0 bridgehead atoms. The van der Waals surface area contributed by atoms with Crippen LogP contribution in [0.15, 0.2) is 30.6 Å². The molecule has 2 aromatic rings. The van der Waals surface area contributed by atoms with Crippen LogP contribution >= 0.6 is 0 Å². The Morgan fingerprint density at radius 2 is 2.36 bits per heavy atom. The standard InChI is InChI=1S/C11H13N3/c1-2-10-12-6-7-14(10)11(3-1)13-8-9-4-5-9/h1-3,6-7,9,13H,4-5,8H2. The second-order valence-electron chi connectivity index (χ2n) is 3.89. The highest BCUT2D eigenvalue weighted by Gasteiger charge is 2.20. The van der Waals surface area contributed by atoms with Crippen molar-refractivity contribution in [2.24, 2.45) is 5.92 Å². The molecule has 3 heteroatoms. The van der Waals surface area contributed by atoms with Crippen molar-refractivity contribution < 1.29 is 0 Å². The number of imidazole rings is 1. The van der Waals surface area contributed by atoms with Gasteiger partial charge in [0.15, 0.2) is 0 Å². The summed E-state index contributed by atoms with van der Waals surface area (Å²) in [5, 5.41) is 3.46. The fourth-order valence-electron chi connectivity index (χ4n) is 1.66. The van der Waals surface area contributed by atoms with E-state index in [1.54, 1.807) is 0 Å². The third-order valence-electron chi connectivity index (χ3n) is 2.70. The minimum Gasteiger partial charge on any atom is -0.371 e. The van der Waals surface area contributed by atoms with Crippen LogP contribution in [0, 0.1) is 5.92 Å². The normalized spacial score (nSPS) is 16.0. The fraction of sp³-hybridized carbons (Fsp3) is 0.364. The van der Waals surface area contributed by atoms with Crippen molar-refractivity contribution in [1.82, 2.24) is 9.38 Å². The molecule has 0 amide bonds. The van der Waals surface area contributed by atoms with Crippen molar-refractivity contribution in [3.63, 3.8) is 0 Å². The maximum absolute atomic E-state index is 4.25. The Labute approximate surface area is 82.8 Å². The number of anilines is 1. The Bertz CT molecular complexity index is 442. The topological polar surface area (TPSA) is 29.3 Å². The first kappa shape index (κ1) is 7.85. The zero-order valence-electron chi connectivity index (χ0n) is 7.98. The van der Waals surface area contributed by atoms with Crippen molar-refractivity contribution in [3.8, 4) is 0 Å². The molecule has 1 N–H and O–H groups in total. The van der Waals surface area contributed by atoms with Crippen LogP contribution in [0.3, 0.4) is 0 Å². The van der Waals surface area contributed by atoms with Crippen LogP contribution < -0.4 is 5.32 Å². The summed E-state index contributed by atoms with van der Waals surface area (Å²) in [6.45, 7) is 1.09. The molecule has 1 aliphatic carbocycles. The molecule has 3 nitrogen and oxygen atoms in total. The van der Waals surface area contributed by atoms with Gasteiger partial charge in [-0.3, -0.25) is 4.40 Å². The molecule has 0 spiro atoms. The molecule has 0 radical (unpaired) electrons. The Balaban J connectivity index is 1.89. The molecule has 72 valence electrons. The largest absolute Gasteiger partial charge is 0.371 e. The summed E-state index contributed by atoms with van der Waals surface area (Å²) in [7, 11) is 0. The van der Waals surface area contributed by atoms with Crippen LogP contribution in [0.25, 0.3) is 5.65 Å². The Morgan fingerprint density at radius 1 is 1.43 bits per heavy atom. The number of aromatic nitrogens is 2. The van der Waals surface area contributed by atoms with E-state index in [2.05, 4.69) is 20.8 Å². The van der Waals surface area contributed by atoms with E-state index in [4.69, 9.17) is 0 Å². The van der Waals surface area contributed by atoms with Gasteiger partial charge >= 0.3 is 0 Å². The number of hydrogen-bond donors (Lipinski definition) is 1. The average molecular weight is 187 g/mol. The minimum atomic E-state index is 0.897. The summed E-state index contributed by atoms with van der Waals surface area (Å²) in [4.78, 5) is 4.25. The smallest absolute Gasteiger partial charge is 0.138 e. The third-order valence-corrected chi connectivity index (χ3v) is 2.70. The number of fused-ring (bicyclic) bond motifs is 1. The molecule has 0 unspecified atom stereocenters. The molecule has 0 aliphatic heterocycles. The molecule has 1 aliphatic rings. The molecule has 3 rings (SSSR count). The van der Waals surface area contributed by atoms with Gasteiger partial charge in [0.25, 0.3) is 0 Å². The van der Waals surface area contributed by atoms with Gasteiger partial charge in [-0.25, -0.2) is 4.98 Å². The van der Waals surface area contributed by atoms with Gasteiger partial charge < -0.3 is 5.32 Å². The summed E-state index contributed by atoms with van der Waals surface area (Å²) in [6, 6.07) is 6.15. The van der Waals surface area contributed by atoms with Gasteiger partial charge in [-0.05, 0) is 30.9 Å². The lowest BCUT2D eigenvalue weighted by atomic mass is 10.4. The van der Waals surface area contributed by atoms with Gasteiger partial charge in [-0.15, -0.1) is 0 Å². The minimum absolute atomic E-state index is 0.897. The molecule has 1 saturated carbocycles. The molecule has 14 heavy (non-hydrogen) atoms. The molecule has 2 aromatic heterocycles. The van der Waals surface area contributed by atoms with Gasteiger partial charge in [-0.1, -0.05) is 6.07 Å². The summed E-state index contributed by atoms with van der Waals surface area (Å²) < 4.78 is 2.09. The van der Waals surface area contributed by atoms with Crippen LogP contribution in [0.4, 0.5) is 5.82 Å². The molecular formula is C11H13N3. The van der Waals surface area contributed by atoms with E-state index in [0.29, 0.717) is 0 Å². The SMILES string of the molecule is c1cc(NCC2CC2)n2ccnc2c1. The lowest BCUT2D eigenvalue weighted by molar-refractivity contribution is 0.879. The molecule has 0 saturated heterocycles. The van der Waals surface area contributed by atoms with E-state index in [9.17, 15) is 0 Å². The van der Waals surface area contributed by atoms with Crippen LogP contribution in [-0.4, -0.2) is 15.9 Å². The summed E-state index contributed by atoms with van der Waals surface area (Å²) in [5.74, 6) is 2.04. The zero-order chi connectivity index (χ0) is 9.38. The first-order chi connectivity index (χ1) is 6.93. The molecule has 0 atom stereocenters. The molecule has 2 heterocycles. The maximum atomic E-state index is 4.25. The van der Waals surface area contributed by atoms with Crippen molar-refractivity contribution >= 4 is 11.5 Å². The first-order valence-electron chi connectivity index (χ1n) is 5.09. The van der Waals surface area contributed by atoms with Crippen molar-refractivity contribution in [1.29, 1.82) is 0 Å². The van der Waals surface area contributed by atoms with Crippen molar-refractivity contribution in [3.05, 3.63) is 30.6 Å². The second kappa shape index (κ2) is 3.01. The van der Waals surface area contributed by atoms with E-state index in [-0.39, 0.29) is 0 Å². The third kappa shape index (κ3) is 1.35. The van der Waals surface area contributed by atoms with E-state index in [1.807, 2.05) is 24.5 Å². The van der Waals surface area contributed by atoms with Gasteiger partial charge in [0.2, 0.25) is 0 Å². The molecule has 1 fully saturated rings. The van der Waals surface area contributed by atoms with Gasteiger partial charge in [0.1, 0.15) is 11.5 Å². The monoisotopic (exact) mass is 187 g/mol. The Kier molecular flexibility index (Phi) is 1.69. The predicted octanol–water partition coefficient (Wildman–Crippen LogP) is 2.16. The number of rotatable bonds is 3. The highest BCUT2D eigenvalue weighted by Crippen LogP contribution is 2.28. The molecular weight excluding hydrogens is 174 g/mol. The summed E-state index contributed by atoms with van der Waals surface area (Å²) in [5.41, 5.74) is 1.01. The van der Waals surface area contributed by atoms with Crippen LogP contribution in [0.2, 0.25) is 0 Å². The van der Waals surface area contributed by atoms with E-state index < -0.39 is 0 Å². The number of nitrogens with one attached hydrogen (secondary N) is 1. The Hall–Kier alpha value is -1.51. The van der Waals surface area contributed by atoms with Crippen LogP contribution in [0.1, 0.15) is 12.8 Å². The highest BCUT2D eigenvalue weighted by atomic mass is 15.1. The van der Waals surface area contributed by atoms with Gasteiger partial charge in [0.05, 0.1) is 0 Å². The first-order valence-corrected chi connectivity index (χ1v) is 5.09. The van der Waals surface area contributed by atoms with Crippen LogP contribution in [-0.2, 0) is 0 Å². The lowest BCUT2D eigenvalue weighted by Crippen LogP contribution is -2.06. The average Bonchev–Trinajstić information content (AvgIpc) is 2.91. The van der Waals surface area contributed by atoms with E-state index >= 15 is 0 Å². The second-order valence-corrected chi connectivity index (χ2v) is 3.89. The fourth-order valence-corrected chi connectivity index (χ4v) is 1.66. The number of nitrogens with zero attached hydrogens (tertiary/aromatic N) is 2. The van der Waals surface area contributed by atoms with Gasteiger partial charge in [-0.2, -0.15) is 0 Å². The van der Waals surface area contributed by atoms with Crippen molar-refractivity contribution in [2.45, 2.75) is 12.8 Å².